The fraction of sp³-hybridized carbons (Fsp3) is 0. The number of para-hydroxylation sites is 1. The molecule has 0 N–H and O–H groups in total. The van der Waals surface area contributed by atoms with Crippen LogP contribution in [0.3, 0.4) is 0 Å². The van der Waals surface area contributed by atoms with Gasteiger partial charge in [0.25, 0.3) is 0 Å². The van der Waals surface area contributed by atoms with E-state index in [0.717, 1.165) is 71.6 Å². The van der Waals surface area contributed by atoms with Crippen LogP contribution in [0.2, 0.25) is 0 Å². The number of nitrogens with zero attached hydrogens (tertiary/aromatic N) is 2. The molecule has 228 valence electrons. The van der Waals surface area contributed by atoms with Gasteiger partial charge in [0.2, 0.25) is 0 Å². The highest BCUT2D eigenvalue weighted by molar-refractivity contribution is 6.18. The quantitative estimate of drug-likeness (QED) is 0.196. The summed E-state index contributed by atoms with van der Waals surface area (Å²) in [6.07, 6.45) is 0. The van der Waals surface area contributed by atoms with E-state index < -0.39 is 0 Å². The van der Waals surface area contributed by atoms with Crippen molar-refractivity contribution in [3.05, 3.63) is 170 Å². The fourth-order valence-electron chi connectivity index (χ4n) is 7.20. The van der Waals surface area contributed by atoms with E-state index in [0.29, 0.717) is 5.82 Å². The molecule has 2 aromatic heterocycles. The number of hydrogen-bond acceptors (Lipinski definition) is 3. The van der Waals surface area contributed by atoms with Crippen molar-refractivity contribution in [2.75, 3.05) is 0 Å². The van der Waals surface area contributed by atoms with Crippen molar-refractivity contribution >= 4 is 54.4 Å². The number of benzene rings is 8. The van der Waals surface area contributed by atoms with E-state index in [-0.39, 0.29) is 0 Å². The highest BCUT2D eigenvalue weighted by Crippen LogP contribution is 2.43. The lowest BCUT2D eigenvalue weighted by molar-refractivity contribution is 0.670. The summed E-state index contributed by atoms with van der Waals surface area (Å²) in [6.45, 7) is 0. The molecule has 8 aromatic carbocycles. The molecule has 0 bridgehead atoms. The first-order chi connectivity index (χ1) is 24.3. The van der Waals surface area contributed by atoms with E-state index >= 15 is 0 Å². The molecule has 0 saturated heterocycles. The predicted molar refractivity (Wildman–Crippen MR) is 204 cm³/mol. The monoisotopic (exact) mass is 624 g/mol. The maximum absolute atomic E-state index is 6.82. The summed E-state index contributed by atoms with van der Waals surface area (Å²) in [4.78, 5) is 10.4. The van der Waals surface area contributed by atoms with Crippen molar-refractivity contribution in [1.29, 1.82) is 0 Å². The van der Waals surface area contributed by atoms with Crippen LogP contribution < -0.4 is 0 Å². The fourth-order valence-corrected chi connectivity index (χ4v) is 7.20. The van der Waals surface area contributed by atoms with Crippen LogP contribution in [-0.4, -0.2) is 9.97 Å². The van der Waals surface area contributed by atoms with Gasteiger partial charge in [0, 0.05) is 32.8 Å². The van der Waals surface area contributed by atoms with Crippen molar-refractivity contribution in [3.8, 4) is 44.9 Å². The molecule has 10 aromatic rings. The normalized spacial score (nSPS) is 11.7. The van der Waals surface area contributed by atoms with Crippen molar-refractivity contribution in [1.82, 2.24) is 9.97 Å². The lowest BCUT2D eigenvalue weighted by Crippen LogP contribution is -1.96. The number of hydrogen-bond donors (Lipinski definition) is 0. The van der Waals surface area contributed by atoms with Gasteiger partial charge in [-0.3, -0.25) is 0 Å². The van der Waals surface area contributed by atoms with Crippen molar-refractivity contribution in [2.45, 2.75) is 0 Å². The van der Waals surface area contributed by atoms with Gasteiger partial charge in [0.1, 0.15) is 11.2 Å². The third-order valence-corrected chi connectivity index (χ3v) is 9.66. The molecule has 3 heteroatoms. The molecule has 0 fully saturated rings. The Kier molecular flexibility index (Phi) is 6.18. The van der Waals surface area contributed by atoms with Crippen LogP contribution in [0.25, 0.3) is 99.3 Å². The van der Waals surface area contributed by atoms with Crippen molar-refractivity contribution < 1.29 is 4.42 Å². The summed E-state index contributed by atoms with van der Waals surface area (Å²) in [7, 11) is 0. The van der Waals surface area contributed by atoms with E-state index in [9.17, 15) is 0 Å². The van der Waals surface area contributed by atoms with E-state index in [1.165, 1.54) is 21.9 Å². The number of rotatable bonds is 4. The SMILES string of the molecule is c1ccc(-c2nc(-c3ccc(-c4ccc(-c5ccc6ccccc6c5)cc4)c4oc5cc6ccccc6cc5c34)nc3ccccc23)cc1. The van der Waals surface area contributed by atoms with E-state index in [1.807, 2.05) is 18.2 Å². The average molecular weight is 625 g/mol. The molecule has 0 atom stereocenters. The van der Waals surface area contributed by atoms with Gasteiger partial charge in [-0.05, 0) is 74.6 Å². The van der Waals surface area contributed by atoms with Crippen molar-refractivity contribution in [3.63, 3.8) is 0 Å². The maximum Gasteiger partial charge on any atom is 0.161 e. The molecule has 0 unspecified atom stereocenters. The predicted octanol–water partition coefficient (Wildman–Crippen LogP) is 12.5. The lowest BCUT2D eigenvalue weighted by atomic mass is 9.95. The Morgan fingerprint density at radius 1 is 0.388 bits per heavy atom. The molecular weight excluding hydrogens is 597 g/mol. The topological polar surface area (TPSA) is 38.9 Å². The summed E-state index contributed by atoms with van der Waals surface area (Å²) in [5.41, 5.74) is 10.0. The largest absolute Gasteiger partial charge is 0.455 e. The molecule has 3 nitrogen and oxygen atoms in total. The van der Waals surface area contributed by atoms with Crippen LogP contribution in [-0.2, 0) is 0 Å². The molecule has 0 amide bonds. The number of fused-ring (bicyclic) bond motifs is 6. The smallest absolute Gasteiger partial charge is 0.161 e. The van der Waals surface area contributed by atoms with Gasteiger partial charge in [-0.1, -0.05) is 133 Å². The second-order valence-corrected chi connectivity index (χ2v) is 12.6. The third-order valence-electron chi connectivity index (χ3n) is 9.66. The number of furan rings is 1. The summed E-state index contributed by atoms with van der Waals surface area (Å²) >= 11 is 0. The first-order valence-corrected chi connectivity index (χ1v) is 16.6. The van der Waals surface area contributed by atoms with Gasteiger partial charge in [-0.25, -0.2) is 9.97 Å². The van der Waals surface area contributed by atoms with Gasteiger partial charge < -0.3 is 4.42 Å². The highest BCUT2D eigenvalue weighted by Gasteiger charge is 2.21. The van der Waals surface area contributed by atoms with Gasteiger partial charge in [-0.2, -0.15) is 0 Å². The Hall–Kier alpha value is -6.58. The zero-order chi connectivity index (χ0) is 32.3. The van der Waals surface area contributed by atoms with E-state index in [4.69, 9.17) is 14.4 Å². The van der Waals surface area contributed by atoms with Crippen LogP contribution >= 0.6 is 0 Å². The van der Waals surface area contributed by atoms with Gasteiger partial charge >= 0.3 is 0 Å². The summed E-state index contributed by atoms with van der Waals surface area (Å²) < 4.78 is 6.82. The van der Waals surface area contributed by atoms with Crippen LogP contribution in [0, 0.1) is 0 Å². The first kappa shape index (κ1) is 27.5. The first-order valence-electron chi connectivity index (χ1n) is 16.6. The molecule has 0 aliphatic rings. The van der Waals surface area contributed by atoms with E-state index in [1.54, 1.807) is 0 Å². The molecule has 0 saturated carbocycles. The zero-order valence-corrected chi connectivity index (χ0v) is 26.5. The Labute approximate surface area is 282 Å². The summed E-state index contributed by atoms with van der Waals surface area (Å²) in [6, 6.07) is 59.7. The van der Waals surface area contributed by atoms with Crippen LogP contribution in [0.5, 0.6) is 0 Å². The zero-order valence-electron chi connectivity index (χ0n) is 26.5. The molecule has 0 aliphatic heterocycles. The Balaban J connectivity index is 1.19. The minimum atomic E-state index is 0.677. The Morgan fingerprint density at radius 3 is 1.84 bits per heavy atom. The minimum absolute atomic E-state index is 0.677. The molecule has 0 aliphatic carbocycles. The molecule has 10 rings (SSSR count). The number of aromatic nitrogens is 2. The maximum atomic E-state index is 6.82. The van der Waals surface area contributed by atoms with Crippen molar-refractivity contribution in [2.24, 2.45) is 0 Å². The average Bonchev–Trinajstić information content (AvgIpc) is 3.54. The van der Waals surface area contributed by atoms with Gasteiger partial charge in [0.05, 0.1) is 11.2 Å². The standard InChI is InChI=1S/C46H28N2O/c1-2-11-32(12-3-1)44-38-16-8-9-17-41(38)47-46(48-44)39-25-24-37(45-43(39)40-27-34-14-6-7-15-35(34)28-42(40)49-45)31-21-18-30(19-22-31)36-23-20-29-10-4-5-13-33(29)26-36/h1-28H. The third kappa shape index (κ3) is 4.59. The summed E-state index contributed by atoms with van der Waals surface area (Å²) in [5, 5.41) is 7.89. The van der Waals surface area contributed by atoms with Crippen LogP contribution in [0.1, 0.15) is 0 Å². The Bertz CT molecular complexity index is 2870. The minimum Gasteiger partial charge on any atom is -0.455 e. The van der Waals surface area contributed by atoms with Gasteiger partial charge in [-0.15, -0.1) is 0 Å². The summed E-state index contributed by atoms with van der Waals surface area (Å²) in [5.74, 6) is 0.677. The van der Waals surface area contributed by atoms with Crippen LogP contribution in [0.4, 0.5) is 0 Å². The highest BCUT2D eigenvalue weighted by atomic mass is 16.3. The van der Waals surface area contributed by atoms with Crippen LogP contribution in [0.15, 0.2) is 174 Å². The van der Waals surface area contributed by atoms with Gasteiger partial charge in [0.15, 0.2) is 5.82 Å². The second-order valence-electron chi connectivity index (χ2n) is 12.6. The molecule has 0 radical (unpaired) electrons. The molecular formula is C46H28N2O. The lowest BCUT2D eigenvalue weighted by Gasteiger charge is -2.12. The molecule has 2 heterocycles. The second kappa shape index (κ2) is 11.0. The van der Waals surface area contributed by atoms with E-state index in [2.05, 4.69) is 152 Å². The molecule has 0 spiro atoms. The Morgan fingerprint density at radius 2 is 1.02 bits per heavy atom. The molecule has 49 heavy (non-hydrogen) atoms.